The van der Waals surface area contributed by atoms with E-state index < -0.39 is 0 Å². The zero-order chi connectivity index (χ0) is 21.6. The number of anilines is 2. The number of fused-ring (bicyclic) bond motifs is 1. The number of carbonyl (C=O) groups excluding carboxylic acids is 2. The molecule has 160 valence electrons. The molecular formula is C25H28N4O2. The molecule has 6 heteroatoms. The van der Waals surface area contributed by atoms with Crippen molar-refractivity contribution < 1.29 is 9.59 Å². The van der Waals surface area contributed by atoms with Crippen molar-refractivity contribution in [2.24, 2.45) is 0 Å². The first-order chi connectivity index (χ1) is 15.1. The standard InChI is InChI=1S/C25H28N4O2/c1-2-18-10-12-19(13-11-18)27-23-17-21(20-7-3-4-8-22(20)28-23)25(31)26-14-6-16-29-15-5-9-24(29)30/h3-4,7-8,10-13,17H,2,5-6,9,14-16H2,1H3,(H,26,31)(H,27,28). The molecule has 1 aromatic heterocycles. The van der Waals surface area contributed by atoms with Crippen molar-refractivity contribution in [3.05, 3.63) is 65.7 Å². The van der Waals surface area contributed by atoms with Crippen LogP contribution in [-0.4, -0.2) is 41.3 Å². The summed E-state index contributed by atoms with van der Waals surface area (Å²) >= 11 is 0. The molecule has 31 heavy (non-hydrogen) atoms. The van der Waals surface area contributed by atoms with Gasteiger partial charge in [-0.05, 0) is 49.1 Å². The Hall–Kier alpha value is -3.41. The number of nitrogens with zero attached hydrogens (tertiary/aromatic N) is 2. The molecule has 0 saturated carbocycles. The number of amides is 2. The Morgan fingerprint density at radius 2 is 1.94 bits per heavy atom. The third-order valence-electron chi connectivity index (χ3n) is 5.66. The van der Waals surface area contributed by atoms with Crippen molar-refractivity contribution in [1.82, 2.24) is 15.2 Å². The number of nitrogens with one attached hydrogen (secondary N) is 2. The van der Waals surface area contributed by atoms with Crippen LogP contribution in [0.25, 0.3) is 10.9 Å². The van der Waals surface area contributed by atoms with E-state index in [9.17, 15) is 9.59 Å². The number of rotatable bonds is 8. The maximum absolute atomic E-state index is 13.0. The summed E-state index contributed by atoms with van der Waals surface area (Å²) in [5.74, 6) is 0.723. The molecular weight excluding hydrogens is 388 g/mol. The van der Waals surface area contributed by atoms with Crippen LogP contribution in [0, 0.1) is 0 Å². The van der Waals surface area contributed by atoms with Gasteiger partial charge in [0.1, 0.15) is 5.82 Å². The van der Waals surface area contributed by atoms with E-state index in [0.29, 0.717) is 30.9 Å². The Labute approximate surface area is 182 Å². The zero-order valence-electron chi connectivity index (χ0n) is 17.9. The average molecular weight is 417 g/mol. The van der Waals surface area contributed by atoms with Gasteiger partial charge in [-0.2, -0.15) is 0 Å². The molecule has 6 nitrogen and oxygen atoms in total. The first-order valence-corrected chi connectivity index (χ1v) is 11.0. The minimum absolute atomic E-state index is 0.129. The number of hydrogen-bond acceptors (Lipinski definition) is 4. The molecule has 0 radical (unpaired) electrons. The lowest BCUT2D eigenvalue weighted by molar-refractivity contribution is -0.127. The third kappa shape index (κ3) is 5.02. The minimum Gasteiger partial charge on any atom is -0.352 e. The fraction of sp³-hybridized carbons (Fsp3) is 0.320. The van der Waals surface area contributed by atoms with Gasteiger partial charge in [0.2, 0.25) is 5.91 Å². The lowest BCUT2D eigenvalue weighted by atomic mass is 10.1. The number of hydrogen-bond donors (Lipinski definition) is 2. The van der Waals surface area contributed by atoms with E-state index in [-0.39, 0.29) is 11.8 Å². The second kappa shape index (κ2) is 9.60. The molecule has 1 saturated heterocycles. The third-order valence-corrected chi connectivity index (χ3v) is 5.66. The Morgan fingerprint density at radius 1 is 1.13 bits per heavy atom. The molecule has 2 aromatic carbocycles. The van der Waals surface area contributed by atoms with Crippen LogP contribution in [0.5, 0.6) is 0 Å². The summed E-state index contributed by atoms with van der Waals surface area (Å²) in [4.78, 5) is 31.2. The van der Waals surface area contributed by atoms with Crippen LogP contribution in [-0.2, 0) is 11.2 Å². The van der Waals surface area contributed by atoms with Crippen molar-refractivity contribution in [2.45, 2.75) is 32.6 Å². The predicted octanol–water partition coefficient (Wildman–Crippen LogP) is 4.28. The number of benzene rings is 2. The van der Waals surface area contributed by atoms with Crippen molar-refractivity contribution in [1.29, 1.82) is 0 Å². The molecule has 0 atom stereocenters. The Bertz CT molecular complexity index is 1080. The zero-order valence-corrected chi connectivity index (χ0v) is 17.9. The molecule has 2 amide bonds. The summed E-state index contributed by atoms with van der Waals surface area (Å²) in [5.41, 5.74) is 3.57. The van der Waals surface area contributed by atoms with Crippen molar-refractivity contribution >= 4 is 34.2 Å². The molecule has 2 N–H and O–H groups in total. The number of pyridine rings is 1. The highest BCUT2D eigenvalue weighted by Gasteiger charge is 2.19. The van der Waals surface area contributed by atoms with Crippen molar-refractivity contribution in [2.75, 3.05) is 25.0 Å². The maximum Gasteiger partial charge on any atom is 0.252 e. The Balaban J connectivity index is 1.47. The van der Waals surface area contributed by atoms with Gasteiger partial charge in [0.15, 0.2) is 0 Å². The van der Waals surface area contributed by atoms with E-state index >= 15 is 0 Å². The van der Waals surface area contributed by atoms with E-state index in [4.69, 9.17) is 0 Å². The smallest absolute Gasteiger partial charge is 0.252 e. The minimum atomic E-state index is -0.129. The highest BCUT2D eigenvalue weighted by molar-refractivity contribution is 6.07. The number of carbonyl (C=O) groups is 2. The van der Waals surface area contributed by atoms with E-state index in [1.165, 1.54) is 5.56 Å². The summed E-state index contributed by atoms with van der Waals surface area (Å²) in [6, 6.07) is 17.7. The van der Waals surface area contributed by atoms with Crippen LogP contribution in [0.15, 0.2) is 54.6 Å². The summed E-state index contributed by atoms with van der Waals surface area (Å²) < 4.78 is 0. The summed E-state index contributed by atoms with van der Waals surface area (Å²) in [5, 5.41) is 7.14. The highest BCUT2D eigenvalue weighted by Crippen LogP contribution is 2.23. The first kappa shape index (κ1) is 20.8. The van der Waals surface area contributed by atoms with Gasteiger partial charge in [-0.25, -0.2) is 4.98 Å². The normalized spacial score (nSPS) is 13.6. The maximum atomic E-state index is 13.0. The molecule has 0 unspecified atom stereocenters. The quantitative estimate of drug-likeness (QED) is 0.538. The van der Waals surface area contributed by atoms with Gasteiger partial charge in [-0.3, -0.25) is 9.59 Å². The molecule has 1 aliphatic heterocycles. The monoisotopic (exact) mass is 416 g/mol. The number of likely N-dealkylation sites (tertiary alicyclic amines) is 1. The van der Waals surface area contributed by atoms with E-state index in [1.54, 1.807) is 6.07 Å². The van der Waals surface area contributed by atoms with Gasteiger partial charge < -0.3 is 15.5 Å². The molecule has 0 spiro atoms. The molecule has 4 rings (SSSR count). The molecule has 2 heterocycles. The molecule has 0 bridgehead atoms. The van der Waals surface area contributed by atoms with Crippen molar-refractivity contribution in [3.63, 3.8) is 0 Å². The second-order valence-corrected chi connectivity index (χ2v) is 7.84. The highest BCUT2D eigenvalue weighted by atomic mass is 16.2. The fourth-order valence-corrected chi connectivity index (χ4v) is 3.91. The van der Waals surface area contributed by atoms with Crippen LogP contribution in [0.1, 0.15) is 42.1 Å². The van der Waals surface area contributed by atoms with Gasteiger partial charge in [0, 0.05) is 37.1 Å². The van der Waals surface area contributed by atoms with Gasteiger partial charge in [-0.15, -0.1) is 0 Å². The van der Waals surface area contributed by atoms with Gasteiger partial charge in [0.25, 0.3) is 5.91 Å². The van der Waals surface area contributed by atoms with E-state index in [1.807, 2.05) is 41.3 Å². The van der Waals surface area contributed by atoms with E-state index in [2.05, 4.69) is 34.7 Å². The lowest BCUT2D eigenvalue weighted by Crippen LogP contribution is -2.30. The largest absolute Gasteiger partial charge is 0.352 e. The summed E-state index contributed by atoms with van der Waals surface area (Å²) in [7, 11) is 0. The van der Waals surface area contributed by atoms with Gasteiger partial charge in [-0.1, -0.05) is 37.3 Å². The molecule has 1 fully saturated rings. The van der Waals surface area contributed by atoms with Crippen LogP contribution in [0.2, 0.25) is 0 Å². The van der Waals surface area contributed by atoms with E-state index in [0.717, 1.165) is 42.4 Å². The van der Waals surface area contributed by atoms with Gasteiger partial charge in [0.05, 0.1) is 11.1 Å². The predicted molar refractivity (Wildman–Crippen MR) is 124 cm³/mol. The van der Waals surface area contributed by atoms with Crippen LogP contribution >= 0.6 is 0 Å². The molecule has 0 aliphatic carbocycles. The molecule has 1 aliphatic rings. The number of para-hydroxylation sites is 1. The SMILES string of the molecule is CCc1ccc(Nc2cc(C(=O)NCCCN3CCCC3=O)c3ccccc3n2)cc1. The second-order valence-electron chi connectivity index (χ2n) is 7.84. The van der Waals surface area contributed by atoms with Crippen LogP contribution in [0.4, 0.5) is 11.5 Å². The summed E-state index contributed by atoms with van der Waals surface area (Å²) in [6.07, 6.45) is 3.32. The summed E-state index contributed by atoms with van der Waals surface area (Å²) in [6.45, 7) is 4.18. The van der Waals surface area contributed by atoms with Crippen LogP contribution < -0.4 is 10.6 Å². The average Bonchev–Trinajstić information content (AvgIpc) is 3.21. The van der Waals surface area contributed by atoms with Crippen LogP contribution in [0.3, 0.4) is 0 Å². The Kier molecular flexibility index (Phi) is 6.46. The first-order valence-electron chi connectivity index (χ1n) is 11.0. The van der Waals surface area contributed by atoms with Crippen molar-refractivity contribution in [3.8, 4) is 0 Å². The molecule has 3 aromatic rings. The Morgan fingerprint density at radius 3 is 2.68 bits per heavy atom. The topological polar surface area (TPSA) is 74.3 Å². The number of aryl methyl sites for hydroxylation is 1. The lowest BCUT2D eigenvalue weighted by Gasteiger charge is -2.16. The number of aromatic nitrogens is 1. The fourth-order valence-electron chi connectivity index (χ4n) is 3.91. The van der Waals surface area contributed by atoms with Gasteiger partial charge >= 0.3 is 0 Å².